The number of allylic oxidation sites excluding steroid dienone is 2. The van der Waals surface area contributed by atoms with E-state index in [4.69, 9.17) is 11.6 Å². The van der Waals surface area contributed by atoms with Gasteiger partial charge in [0.15, 0.2) is 11.6 Å². The molecular formula is C37H28ClF2N3O5S. The Morgan fingerprint density at radius 3 is 2.37 bits per heavy atom. The van der Waals surface area contributed by atoms with Gasteiger partial charge in [0.2, 0.25) is 11.8 Å². The van der Waals surface area contributed by atoms with Gasteiger partial charge in [-0.15, -0.1) is 11.3 Å². The monoisotopic (exact) mass is 699 g/mol. The van der Waals surface area contributed by atoms with Crippen LogP contribution in [0.15, 0.2) is 95.9 Å². The molecule has 1 saturated carbocycles. The smallest absolute Gasteiger partial charge is 0.260 e. The second-order valence-corrected chi connectivity index (χ2v) is 14.4. The molecule has 3 aromatic carbocycles. The van der Waals surface area contributed by atoms with E-state index in [-0.39, 0.29) is 36.9 Å². The summed E-state index contributed by atoms with van der Waals surface area (Å²) in [6, 6.07) is 19.4. The number of anilines is 1. The van der Waals surface area contributed by atoms with E-state index >= 15 is 9.18 Å². The first kappa shape index (κ1) is 31.4. The van der Waals surface area contributed by atoms with E-state index in [2.05, 4.69) is 5.43 Å². The number of phenols is 1. The SMILES string of the molecule is O=C1C2CC=C3C(CC4C(=O)N(Nc5ccc(F)cc5)C(=O)C4(c4ccc(Cl)cc4)C3c3ccc(O)c(F)c3)C2C(=O)N1Cc1cccs1. The zero-order chi connectivity index (χ0) is 34.2. The van der Waals surface area contributed by atoms with Crippen LogP contribution in [0.5, 0.6) is 5.75 Å². The van der Waals surface area contributed by atoms with Crippen molar-refractivity contribution in [3.8, 4) is 5.75 Å². The largest absolute Gasteiger partial charge is 0.505 e. The number of rotatable bonds is 6. The van der Waals surface area contributed by atoms with Crippen molar-refractivity contribution in [1.29, 1.82) is 0 Å². The number of hydrogen-bond donors (Lipinski definition) is 2. The Balaban J connectivity index is 1.31. The Morgan fingerprint density at radius 1 is 0.918 bits per heavy atom. The summed E-state index contributed by atoms with van der Waals surface area (Å²) >= 11 is 7.74. The number of carbonyl (C=O) groups excluding carboxylic acids is 4. The van der Waals surface area contributed by atoms with Crippen molar-refractivity contribution < 1.29 is 33.1 Å². The van der Waals surface area contributed by atoms with Crippen molar-refractivity contribution in [3.05, 3.63) is 129 Å². The lowest BCUT2D eigenvalue weighted by atomic mass is 9.49. The zero-order valence-electron chi connectivity index (χ0n) is 25.7. The number of phenolic OH excluding ortho intramolecular Hbond substituents is 1. The molecule has 6 atom stereocenters. The van der Waals surface area contributed by atoms with Gasteiger partial charge in [-0.1, -0.05) is 47.5 Å². The molecule has 12 heteroatoms. The number of benzene rings is 3. The Morgan fingerprint density at radius 2 is 1.67 bits per heavy atom. The van der Waals surface area contributed by atoms with Crippen LogP contribution in [0.2, 0.25) is 5.02 Å². The lowest BCUT2D eigenvalue weighted by Gasteiger charge is -2.50. The third kappa shape index (κ3) is 4.74. The van der Waals surface area contributed by atoms with Gasteiger partial charge in [0, 0.05) is 15.8 Å². The number of nitrogens with zero attached hydrogens (tertiary/aromatic N) is 2. The Labute approximate surface area is 288 Å². The van der Waals surface area contributed by atoms with Crippen LogP contribution in [0.4, 0.5) is 14.5 Å². The quantitative estimate of drug-likeness (QED) is 0.174. The number of imide groups is 2. The van der Waals surface area contributed by atoms with E-state index in [1.807, 2.05) is 23.6 Å². The summed E-state index contributed by atoms with van der Waals surface area (Å²) in [5.41, 5.74) is 2.95. The molecule has 8 rings (SSSR count). The number of likely N-dealkylation sites (tertiary alicyclic amines) is 1. The van der Waals surface area contributed by atoms with Crippen LogP contribution < -0.4 is 5.43 Å². The molecule has 2 aliphatic heterocycles. The number of fused-ring (bicyclic) bond motifs is 4. The van der Waals surface area contributed by atoms with Crippen LogP contribution in [-0.4, -0.2) is 38.6 Å². The lowest BCUT2D eigenvalue weighted by Crippen LogP contribution is -2.53. The minimum absolute atomic E-state index is 0.0602. The van der Waals surface area contributed by atoms with Gasteiger partial charge in [-0.05, 0) is 89.9 Å². The maximum atomic E-state index is 15.2. The van der Waals surface area contributed by atoms with Crippen LogP contribution in [0.25, 0.3) is 0 Å². The van der Waals surface area contributed by atoms with Crippen molar-refractivity contribution in [3.63, 3.8) is 0 Å². The number of carbonyl (C=O) groups is 4. The Bertz CT molecular complexity index is 2050. The molecule has 4 aromatic rings. The summed E-state index contributed by atoms with van der Waals surface area (Å²) in [7, 11) is 0. The molecule has 0 bridgehead atoms. The van der Waals surface area contributed by atoms with Crippen LogP contribution >= 0.6 is 22.9 Å². The molecular weight excluding hydrogens is 672 g/mol. The van der Waals surface area contributed by atoms with E-state index in [1.165, 1.54) is 52.6 Å². The molecule has 1 aromatic heterocycles. The maximum Gasteiger partial charge on any atom is 0.260 e. The van der Waals surface area contributed by atoms with Gasteiger partial charge in [0.25, 0.3) is 11.8 Å². The first-order chi connectivity index (χ1) is 23.6. The summed E-state index contributed by atoms with van der Waals surface area (Å²) < 4.78 is 29.0. The third-order valence-electron chi connectivity index (χ3n) is 10.5. The van der Waals surface area contributed by atoms with E-state index in [0.29, 0.717) is 21.7 Å². The summed E-state index contributed by atoms with van der Waals surface area (Å²) in [5.74, 6) is -7.93. The van der Waals surface area contributed by atoms with Crippen molar-refractivity contribution in [1.82, 2.24) is 9.91 Å². The number of nitrogens with one attached hydrogen (secondary N) is 1. The van der Waals surface area contributed by atoms with E-state index in [0.717, 1.165) is 16.0 Å². The average molecular weight is 700 g/mol. The predicted octanol–water partition coefficient (Wildman–Crippen LogP) is 6.57. The molecule has 0 radical (unpaired) electrons. The molecule has 49 heavy (non-hydrogen) atoms. The molecule has 8 nitrogen and oxygen atoms in total. The molecule has 3 fully saturated rings. The summed E-state index contributed by atoms with van der Waals surface area (Å²) in [6.07, 6.45) is 2.16. The van der Waals surface area contributed by atoms with Gasteiger partial charge in [0.1, 0.15) is 5.82 Å². The minimum Gasteiger partial charge on any atom is -0.505 e. The van der Waals surface area contributed by atoms with Crippen molar-refractivity contribution in [2.75, 3.05) is 5.43 Å². The number of amides is 4. The minimum atomic E-state index is -1.64. The van der Waals surface area contributed by atoms with Gasteiger partial charge in [-0.2, -0.15) is 5.01 Å². The van der Waals surface area contributed by atoms with E-state index in [9.17, 15) is 23.9 Å². The summed E-state index contributed by atoms with van der Waals surface area (Å²) in [5, 5.41) is 13.4. The highest BCUT2D eigenvalue weighted by molar-refractivity contribution is 7.09. The van der Waals surface area contributed by atoms with Gasteiger partial charge in [-0.3, -0.25) is 29.5 Å². The molecule has 2 N–H and O–H groups in total. The number of thiophene rings is 1. The molecule has 2 aliphatic carbocycles. The van der Waals surface area contributed by atoms with E-state index in [1.54, 1.807) is 24.3 Å². The highest BCUT2D eigenvalue weighted by Gasteiger charge is 2.70. The van der Waals surface area contributed by atoms with Crippen LogP contribution in [0.1, 0.15) is 34.8 Å². The third-order valence-corrected chi connectivity index (χ3v) is 11.7. The molecule has 4 aliphatic rings. The highest BCUT2D eigenvalue weighted by atomic mass is 35.5. The zero-order valence-corrected chi connectivity index (χ0v) is 27.3. The second kappa shape index (κ2) is 11.6. The van der Waals surface area contributed by atoms with E-state index < -0.39 is 64.2 Å². The number of halogens is 3. The number of aromatic hydroxyl groups is 1. The van der Waals surface area contributed by atoms with Crippen molar-refractivity contribution in [2.45, 2.75) is 30.7 Å². The standard InChI is InChI=1S/C37H28ClF2N3O5S/c38-21-6-4-20(5-7-21)37-28(34(46)43(36(37)48)41-23-10-8-22(39)9-11-23)17-27-25(32(37)19-3-14-30(44)29(40)16-19)12-13-26-31(27)35(47)42(33(26)45)18-24-2-1-15-49-24/h1-12,14-16,26-28,31-32,41,44H,13,17-18H2. The second-order valence-electron chi connectivity index (χ2n) is 12.9. The van der Waals surface area contributed by atoms with Gasteiger partial charge in [0.05, 0.1) is 35.4 Å². The molecule has 0 spiro atoms. The maximum absolute atomic E-state index is 15.2. The fourth-order valence-electron chi connectivity index (χ4n) is 8.51. The highest BCUT2D eigenvalue weighted by Crippen LogP contribution is 2.64. The first-order valence-corrected chi connectivity index (χ1v) is 17.1. The number of hydrazine groups is 1. The van der Waals surface area contributed by atoms with Gasteiger partial charge < -0.3 is 5.11 Å². The van der Waals surface area contributed by atoms with Crippen LogP contribution in [0, 0.1) is 35.3 Å². The van der Waals surface area contributed by atoms with Gasteiger partial charge >= 0.3 is 0 Å². The predicted molar refractivity (Wildman–Crippen MR) is 177 cm³/mol. The van der Waals surface area contributed by atoms with Gasteiger partial charge in [-0.25, -0.2) is 8.78 Å². The Hall–Kier alpha value is -4.87. The summed E-state index contributed by atoms with van der Waals surface area (Å²) in [6.45, 7) is 0.141. The lowest BCUT2D eigenvalue weighted by molar-refractivity contribution is -0.141. The topological polar surface area (TPSA) is 107 Å². The molecule has 4 amide bonds. The fourth-order valence-corrected chi connectivity index (χ4v) is 9.33. The normalized spacial score (nSPS) is 27.6. The number of hydrogen-bond acceptors (Lipinski definition) is 7. The van der Waals surface area contributed by atoms with Crippen molar-refractivity contribution in [2.24, 2.45) is 23.7 Å². The Kier molecular flexibility index (Phi) is 7.45. The molecule has 3 heterocycles. The molecule has 6 unspecified atom stereocenters. The molecule has 248 valence electrons. The summed E-state index contributed by atoms with van der Waals surface area (Å²) in [4.78, 5) is 59.7. The van der Waals surface area contributed by atoms with Crippen LogP contribution in [0.3, 0.4) is 0 Å². The fraction of sp³-hybridized carbons (Fsp3) is 0.243. The molecule has 2 saturated heterocycles. The van der Waals surface area contributed by atoms with Crippen molar-refractivity contribution >= 4 is 52.3 Å². The first-order valence-electron chi connectivity index (χ1n) is 15.8. The average Bonchev–Trinajstić information content (AvgIpc) is 3.76. The van der Waals surface area contributed by atoms with Crippen LogP contribution in [-0.2, 0) is 31.1 Å².